The Kier molecular flexibility index (Phi) is 3.98. The van der Waals surface area contributed by atoms with Crippen molar-refractivity contribution in [3.63, 3.8) is 0 Å². The molecule has 0 radical (unpaired) electrons. The number of halogens is 2. The molecule has 1 aliphatic rings. The maximum Gasteiger partial charge on any atom is 0.137 e. The van der Waals surface area contributed by atoms with E-state index in [4.69, 9.17) is 0 Å². The number of hydrogen-bond donors (Lipinski definition) is 1. The van der Waals surface area contributed by atoms with Gasteiger partial charge in [0, 0.05) is 0 Å². The van der Waals surface area contributed by atoms with Crippen molar-refractivity contribution >= 4 is 15.9 Å². The molecule has 1 aliphatic heterocycles. The molecular weight excluding hydrogens is 269 g/mol. The van der Waals surface area contributed by atoms with E-state index in [0.717, 1.165) is 31.0 Å². The molecule has 0 atom stereocenters. The third-order valence-corrected chi connectivity index (χ3v) is 3.95. The molecule has 1 aromatic carbocycles. The van der Waals surface area contributed by atoms with Crippen LogP contribution in [-0.2, 0) is 6.42 Å². The topological polar surface area (TPSA) is 12.0 Å². The standard InChI is InChI=1S/C13H17BrFN/c1-9-6-13(15)12(14)8-11(9)7-10-2-4-16-5-3-10/h6,8,10,16H,2-5,7H2,1H3. The van der Waals surface area contributed by atoms with E-state index in [1.807, 2.05) is 13.0 Å². The zero-order valence-electron chi connectivity index (χ0n) is 9.52. The molecule has 0 amide bonds. The Balaban J connectivity index is 2.11. The zero-order valence-corrected chi connectivity index (χ0v) is 11.1. The summed E-state index contributed by atoms with van der Waals surface area (Å²) in [5.74, 6) is 0.587. The Morgan fingerprint density at radius 1 is 1.38 bits per heavy atom. The summed E-state index contributed by atoms with van der Waals surface area (Å²) in [4.78, 5) is 0. The maximum atomic E-state index is 13.3. The average molecular weight is 286 g/mol. The van der Waals surface area contributed by atoms with Crippen LogP contribution in [0.15, 0.2) is 16.6 Å². The summed E-state index contributed by atoms with van der Waals surface area (Å²) in [6, 6.07) is 3.56. The van der Waals surface area contributed by atoms with E-state index < -0.39 is 0 Å². The summed E-state index contributed by atoms with van der Waals surface area (Å²) >= 11 is 3.26. The lowest BCUT2D eigenvalue weighted by molar-refractivity contribution is 0.372. The van der Waals surface area contributed by atoms with Gasteiger partial charge in [-0.1, -0.05) is 0 Å². The normalized spacial score (nSPS) is 17.7. The fourth-order valence-corrected chi connectivity index (χ4v) is 2.70. The van der Waals surface area contributed by atoms with Gasteiger partial charge in [-0.2, -0.15) is 0 Å². The molecule has 1 heterocycles. The van der Waals surface area contributed by atoms with Crippen LogP contribution in [0.25, 0.3) is 0 Å². The van der Waals surface area contributed by atoms with Crippen molar-refractivity contribution in [2.75, 3.05) is 13.1 Å². The number of rotatable bonds is 2. The van der Waals surface area contributed by atoms with E-state index >= 15 is 0 Å². The predicted octanol–water partition coefficient (Wildman–Crippen LogP) is 3.44. The van der Waals surface area contributed by atoms with Gasteiger partial charge >= 0.3 is 0 Å². The highest BCUT2D eigenvalue weighted by Gasteiger charge is 2.15. The molecule has 2 rings (SSSR count). The Bertz CT molecular complexity index is 372. The molecule has 0 bridgehead atoms. The molecule has 1 saturated heterocycles. The first-order chi connectivity index (χ1) is 7.66. The molecule has 1 N–H and O–H groups in total. The summed E-state index contributed by atoms with van der Waals surface area (Å²) < 4.78 is 13.9. The first-order valence-corrected chi connectivity index (χ1v) is 6.61. The summed E-state index contributed by atoms with van der Waals surface area (Å²) in [7, 11) is 0. The van der Waals surface area contributed by atoms with Crippen molar-refractivity contribution in [1.82, 2.24) is 5.32 Å². The molecule has 88 valence electrons. The molecule has 0 saturated carbocycles. The predicted molar refractivity (Wildman–Crippen MR) is 68.1 cm³/mol. The SMILES string of the molecule is Cc1cc(F)c(Br)cc1CC1CCNCC1. The van der Waals surface area contributed by atoms with Crippen molar-refractivity contribution in [3.05, 3.63) is 33.5 Å². The molecule has 16 heavy (non-hydrogen) atoms. The first-order valence-electron chi connectivity index (χ1n) is 5.82. The Morgan fingerprint density at radius 2 is 2.06 bits per heavy atom. The van der Waals surface area contributed by atoms with Gasteiger partial charge in [-0.3, -0.25) is 0 Å². The summed E-state index contributed by atoms with van der Waals surface area (Å²) in [6.07, 6.45) is 3.54. The van der Waals surface area contributed by atoms with Gasteiger partial charge in [0.1, 0.15) is 5.82 Å². The van der Waals surface area contributed by atoms with E-state index in [1.54, 1.807) is 6.07 Å². The quantitative estimate of drug-likeness (QED) is 0.878. The minimum Gasteiger partial charge on any atom is -0.317 e. The highest BCUT2D eigenvalue weighted by molar-refractivity contribution is 9.10. The Labute approximate surface area is 105 Å². The van der Waals surface area contributed by atoms with E-state index in [2.05, 4.69) is 21.2 Å². The van der Waals surface area contributed by atoms with Crippen LogP contribution in [0.3, 0.4) is 0 Å². The van der Waals surface area contributed by atoms with Crippen LogP contribution in [0.4, 0.5) is 4.39 Å². The van der Waals surface area contributed by atoms with E-state index in [-0.39, 0.29) is 5.82 Å². The molecule has 1 nitrogen and oxygen atoms in total. The van der Waals surface area contributed by atoms with Gasteiger partial charge in [0.2, 0.25) is 0 Å². The zero-order chi connectivity index (χ0) is 11.5. The molecule has 3 heteroatoms. The van der Waals surface area contributed by atoms with Gasteiger partial charge in [-0.15, -0.1) is 0 Å². The Hall–Kier alpha value is -0.410. The van der Waals surface area contributed by atoms with Crippen molar-refractivity contribution in [2.24, 2.45) is 5.92 Å². The van der Waals surface area contributed by atoms with Crippen molar-refractivity contribution in [3.8, 4) is 0 Å². The van der Waals surface area contributed by atoms with Crippen molar-refractivity contribution in [2.45, 2.75) is 26.2 Å². The van der Waals surface area contributed by atoms with Crippen LogP contribution < -0.4 is 5.32 Å². The molecular formula is C13H17BrFN. The second-order valence-corrected chi connectivity index (χ2v) is 5.44. The fraction of sp³-hybridized carbons (Fsp3) is 0.538. The van der Waals surface area contributed by atoms with Gasteiger partial charge in [0.25, 0.3) is 0 Å². The Morgan fingerprint density at radius 3 is 2.75 bits per heavy atom. The number of piperidine rings is 1. The van der Waals surface area contributed by atoms with E-state index in [1.165, 1.54) is 18.4 Å². The minimum absolute atomic E-state index is 0.161. The van der Waals surface area contributed by atoms with Crippen LogP contribution in [0.1, 0.15) is 24.0 Å². The number of nitrogens with one attached hydrogen (secondary N) is 1. The fourth-order valence-electron chi connectivity index (χ4n) is 2.30. The van der Waals surface area contributed by atoms with Crippen LogP contribution in [-0.4, -0.2) is 13.1 Å². The smallest absolute Gasteiger partial charge is 0.137 e. The lowest BCUT2D eigenvalue weighted by Gasteiger charge is -2.23. The van der Waals surface area contributed by atoms with Crippen LogP contribution in [0.5, 0.6) is 0 Å². The van der Waals surface area contributed by atoms with Crippen LogP contribution in [0, 0.1) is 18.7 Å². The molecule has 0 aromatic heterocycles. The molecule has 0 spiro atoms. The van der Waals surface area contributed by atoms with Crippen molar-refractivity contribution in [1.29, 1.82) is 0 Å². The van der Waals surface area contributed by atoms with Gasteiger partial charge in [0.05, 0.1) is 4.47 Å². The second kappa shape index (κ2) is 5.28. The monoisotopic (exact) mass is 285 g/mol. The van der Waals surface area contributed by atoms with Crippen LogP contribution >= 0.6 is 15.9 Å². The molecule has 1 fully saturated rings. The highest BCUT2D eigenvalue weighted by atomic mass is 79.9. The van der Waals surface area contributed by atoms with E-state index in [9.17, 15) is 4.39 Å². The molecule has 0 aliphatic carbocycles. The summed E-state index contributed by atoms with van der Waals surface area (Å²) in [5.41, 5.74) is 2.35. The van der Waals surface area contributed by atoms with Crippen LogP contribution in [0.2, 0.25) is 0 Å². The lowest BCUT2D eigenvalue weighted by Crippen LogP contribution is -2.28. The first kappa shape index (κ1) is 12.1. The molecule has 0 unspecified atom stereocenters. The number of aryl methyl sites for hydroxylation is 1. The van der Waals surface area contributed by atoms with Gasteiger partial charge in [-0.25, -0.2) is 4.39 Å². The van der Waals surface area contributed by atoms with Gasteiger partial charge < -0.3 is 5.32 Å². The maximum absolute atomic E-state index is 13.3. The highest BCUT2D eigenvalue weighted by Crippen LogP contribution is 2.25. The largest absolute Gasteiger partial charge is 0.317 e. The third-order valence-electron chi connectivity index (χ3n) is 3.35. The number of hydrogen-bond acceptors (Lipinski definition) is 1. The minimum atomic E-state index is -0.161. The van der Waals surface area contributed by atoms with Gasteiger partial charge in [0.15, 0.2) is 0 Å². The van der Waals surface area contributed by atoms with Crippen molar-refractivity contribution < 1.29 is 4.39 Å². The van der Waals surface area contributed by atoms with E-state index in [0.29, 0.717) is 4.47 Å². The summed E-state index contributed by atoms with van der Waals surface area (Å²) in [6.45, 7) is 4.23. The average Bonchev–Trinajstić information content (AvgIpc) is 2.27. The van der Waals surface area contributed by atoms with Gasteiger partial charge in [-0.05, 0) is 84.4 Å². The second-order valence-electron chi connectivity index (χ2n) is 4.59. The third kappa shape index (κ3) is 2.83. The summed E-state index contributed by atoms with van der Waals surface area (Å²) in [5, 5.41) is 3.37. The molecule has 1 aromatic rings. The number of benzene rings is 1. The lowest BCUT2D eigenvalue weighted by atomic mass is 9.89.